The molecule has 1 fully saturated rings. The summed E-state index contributed by atoms with van der Waals surface area (Å²) in [6.07, 6.45) is 0.731. The van der Waals surface area contributed by atoms with E-state index in [1.54, 1.807) is 0 Å². The Kier molecular flexibility index (Phi) is 4.73. The molecule has 1 aliphatic rings. The highest BCUT2D eigenvalue weighted by atomic mass is 19.4. The molecule has 7 heteroatoms. The molecule has 0 unspecified atom stereocenters. The summed E-state index contributed by atoms with van der Waals surface area (Å²) in [6.45, 7) is 3.75. The van der Waals surface area contributed by atoms with Crippen molar-refractivity contribution < 1.29 is 18.1 Å². The van der Waals surface area contributed by atoms with E-state index in [2.05, 4.69) is 11.9 Å². The molecule has 1 aromatic carbocycles. The zero-order valence-corrected chi connectivity index (χ0v) is 11.9. The lowest BCUT2D eigenvalue weighted by Crippen LogP contribution is -2.25. The van der Waals surface area contributed by atoms with Crippen LogP contribution in [-0.2, 0) is 6.18 Å². The molecule has 1 saturated carbocycles. The molecule has 1 N–H and O–H groups in total. The van der Waals surface area contributed by atoms with Gasteiger partial charge in [0.1, 0.15) is 5.56 Å². The van der Waals surface area contributed by atoms with Gasteiger partial charge in [0.15, 0.2) is 0 Å². The predicted octanol–water partition coefficient (Wildman–Crippen LogP) is 4.77. The molecule has 0 aromatic heterocycles. The van der Waals surface area contributed by atoms with Gasteiger partial charge in [-0.1, -0.05) is 6.08 Å². The summed E-state index contributed by atoms with van der Waals surface area (Å²) >= 11 is 0. The Bertz CT molecular complexity index is 564. The molecule has 0 atom stereocenters. The van der Waals surface area contributed by atoms with Crippen molar-refractivity contribution in [3.63, 3.8) is 0 Å². The van der Waals surface area contributed by atoms with Gasteiger partial charge in [-0.3, -0.25) is 10.1 Å². The molecule has 0 aliphatic heterocycles. The van der Waals surface area contributed by atoms with Gasteiger partial charge in [-0.2, -0.15) is 13.2 Å². The number of nitro groups is 1. The molecule has 1 aromatic rings. The van der Waals surface area contributed by atoms with Crippen LogP contribution in [0.3, 0.4) is 0 Å². The van der Waals surface area contributed by atoms with Crippen LogP contribution in [-0.4, -0.2) is 11.0 Å². The van der Waals surface area contributed by atoms with Crippen molar-refractivity contribution in [1.29, 1.82) is 0 Å². The lowest BCUT2D eigenvalue weighted by atomic mass is 9.86. The van der Waals surface area contributed by atoms with Gasteiger partial charge < -0.3 is 5.32 Å². The highest BCUT2D eigenvalue weighted by Gasteiger charge is 2.38. The van der Waals surface area contributed by atoms with Crippen molar-refractivity contribution in [2.24, 2.45) is 5.92 Å². The largest absolute Gasteiger partial charge is 0.423 e. The number of benzene rings is 1. The first-order valence-corrected chi connectivity index (χ1v) is 7.06. The normalized spacial score (nSPS) is 22.1. The van der Waals surface area contributed by atoms with Gasteiger partial charge in [-0.15, -0.1) is 6.58 Å². The van der Waals surface area contributed by atoms with Crippen molar-refractivity contribution in [1.82, 2.24) is 0 Å². The van der Waals surface area contributed by atoms with E-state index < -0.39 is 22.4 Å². The van der Waals surface area contributed by atoms with Gasteiger partial charge in [0, 0.05) is 17.8 Å². The number of hydrogen-bond donors (Lipinski definition) is 1. The summed E-state index contributed by atoms with van der Waals surface area (Å²) in [7, 11) is 0. The molecule has 0 radical (unpaired) electrons. The molecule has 120 valence electrons. The van der Waals surface area contributed by atoms with Gasteiger partial charge in [-0.25, -0.2) is 0 Å². The summed E-state index contributed by atoms with van der Waals surface area (Å²) in [4.78, 5) is 9.70. The van der Waals surface area contributed by atoms with E-state index in [1.807, 2.05) is 6.08 Å². The highest BCUT2D eigenvalue weighted by Crippen LogP contribution is 2.38. The number of alkyl halides is 3. The van der Waals surface area contributed by atoms with Gasteiger partial charge in [0.2, 0.25) is 0 Å². The number of nitrogens with one attached hydrogen (secondary N) is 1. The van der Waals surface area contributed by atoms with Crippen LogP contribution >= 0.6 is 0 Å². The van der Waals surface area contributed by atoms with Crippen LogP contribution in [0.25, 0.3) is 0 Å². The standard InChI is InChI=1S/C15H17F3N2O2/c1-2-10-3-5-11(6-4-10)19-12-7-8-14(20(21)22)13(9-12)15(16,17)18/h2,7-11,19H,1,3-6H2. The number of halogens is 3. The average molecular weight is 314 g/mol. The summed E-state index contributed by atoms with van der Waals surface area (Å²) in [6, 6.07) is 3.13. The Morgan fingerprint density at radius 3 is 2.41 bits per heavy atom. The monoisotopic (exact) mass is 314 g/mol. The number of nitrogens with zero attached hydrogens (tertiary/aromatic N) is 1. The van der Waals surface area contributed by atoms with Crippen LogP contribution in [0.4, 0.5) is 24.5 Å². The minimum absolute atomic E-state index is 0.0822. The van der Waals surface area contributed by atoms with Crippen molar-refractivity contribution in [3.8, 4) is 0 Å². The SMILES string of the molecule is C=CC1CCC(Nc2ccc([N+](=O)[O-])c(C(F)(F)F)c2)CC1. The fourth-order valence-electron chi connectivity index (χ4n) is 2.75. The van der Waals surface area contributed by atoms with Crippen LogP contribution in [0.5, 0.6) is 0 Å². The number of allylic oxidation sites excluding steroid dienone is 1. The summed E-state index contributed by atoms with van der Waals surface area (Å²) < 4.78 is 38.8. The molecule has 22 heavy (non-hydrogen) atoms. The van der Waals surface area contributed by atoms with Gasteiger partial charge in [-0.05, 0) is 43.7 Å². The van der Waals surface area contributed by atoms with E-state index in [0.717, 1.165) is 37.8 Å². The number of anilines is 1. The van der Waals surface area contributed by atoms with Crippen LogP contribution in [0.1, 0.15) is 31.2 Å². The van der Waals surface area contributed by atoms with E-state index in [1.165, 1.54) is 6.07 Å². The highest BCUT2D eigenvalue weighted by molar-refractivity contribution is 5.55. The Hall–Kier alpha value is -2.05. The first kappa shape index (κ1) is 16.3. The van der Waals surface area contributed by atoms with Gasteiger partial charge in [0.25, 0.3) is 5.69 Å². The van der Waals surface area contributed by atoms with Crippen molar-refractivity contribution in [2.45, 2.75) is 37.9 Å². The van der Waals surface area contributed by atoms with Crippen LogP contribution in [0, 0.1) is 16.0 Å². The van der Waals surface area contributed by atoms with Crippen LogP contribution in [0.2, 0.25) is 0 Å². The predicted molar refractivity (Wildman–Crippen MR) is 77.7 cm³/mol. The maximum absolute atomic E-state index is 12.9. The van der Waals surface area contributed by atoms with E-state index >= 15 is 0 Å². The number of nitro benzene ring substituents is 1. The second-order valence-corrected chi connectivity index (χ2v) is 5.48. The molecule has 0 amide bonds. The first-order valence-electron chi connectivity index (χ1n) is 7.06. The molecule has 0 bridgehead atoms. The molecular formula is C15H17F3N2O2. The maximum atomic E-state index is 12.9. The minimum atomic E-state index is -4.75. The Morgan fingerprint density at radius 2 is 1.91 bits per heavy atom. The number of hydrogen-bond acceptors (Lipinski definition) is 3. The fraction of sp³-hybridized carbons (Fsp3) is 0.467. The van der Waals surface area contributed by atoms with Crippen molar-refractivity contribution in [3.05, 3.63) is 46.5 Å². The lowest BCUT2D eigenvalue weighted by molar-refractivity contribution is -0.388. The second-order valence-electron chi connectivity index (χ2n) is 5.48. The molecule has 0 spiro atoms. The van der Waals surface area contributed by atoms with E-state index in [-0.39, 0.29) is 11.7 Å². The molecule has 0 saturated heterocycles. The van der Waals surface area contributed by atoms with Crippen molar-refractivity contribution >= 4 is 11.4 Å². The lowest BCUT2D eigenvalue weighted by Gasteiger charge is -2.28. The topological polar surface area (TPSA) is 55.2 Å². The van der Waals surface area contributed by atoms with E-state index in [0.29, 0.717) is 5.92 Å². The Balaban J connectivity index is 2.16. The molecule has 4 nitrogen and oxygen atoms in total. The van der Waals surface area contributed by atoms with Gasteiger partial charge in [0.05, 0.1) is 4.92 Å². The zero-order chi connectivity index (χ0) is 16.3. The van der Waals surface area contributed by atoms with E-state index in [9.17, 15) is 23.3 Å². The third-order valence-corrected chi connectivity index (χ3v) is 3.97. The van der Waals surface area contributed by atoms with Crippen molar-refractivity contribution in [2.75, 3.05) is 5.32 Å². The summed E-state index contributed by atoms with van der Waals surface area (Å²) in [5.41, 5.74) is -1.88. The zero-order valence-electron chi connectivity index (χ0n) is 11.9. The average Bonchev–Trinajstić information content (AvgIpc) is 2.47. The van der Waals surface area contributed by atoms with E-state index in [4.69, 9.17) is 0 Å². The molecular weight excluding hydrogens is 297 g/mol. The quantitative estimate of drug-likeness (QED) is 0.495. The van der Waals surface area contributed by atoms with Crippen LogP contribution in [0.15, 0.2) is 30.9 Å². The third-order valence-electron chi connectivity index (χ3n) is 3.97. The second kappa shape index (κ2) is 6.37. The fourth-order valence-corrected chi connectivity index (χ4v) is 2.75. The number of rotatable bonds is 4. The minimum Gasteiger partial charge on any atom is -0.382 e. The summed E-state index contributed by atoms with van der Waals surface area (Å²) in [5, 5.41) is 13.8. The smallest absolute Gasteiger partial charge is 0.382 e. The maximum Gasteiger partial charge on any atom is 0.423 e. The third kappa shape index (κ3) is 3.78. The molecule has 2 rings (SSSR count). The Morgan fingerprint density at radius 1 is 1.27 bits per heavy atom. The Labute approximate surface area is 126 Å². The van der Waals surface area contributed by atoms with Crippen LogP contribution < -0.4 is 5.32 Å². The first-order chi connectivity index (χ1) is 10.3. The molecule has 1 aliphatic carbocycles. The molecule has 0 heterocycles. The summed E-state index contributed by atoms with van der Waals surface area (Å²) in [5.74, 6) is 0.459. The van der Waals surface area contributed by atoms with Gasteiger partial charge >= 0.3 is 6.18 Å².